The van der Waals surface area contributed by atoms with E-state index in [4.69, 9.17) is 9.79 Å². The summed E-state index contributed by atoms with van der Waals surface area (Å²) in [7, 11) is -2.99. The fourth-order valence-corrected chi connectivity index (χ4v) is 5.44. The molecule has 0 aliphatic carbocycles. The smallest absolute Gasteiger partial charge is 0.298 e. The summed E-state index contributed by atoms with van der Waals surface area (Å²) in [6, 6.07) is 13.5. The summed E-state index contributed by atoms with van der Waals surface area (Å²) in [6.07, 6.45) is -0.482. The van der Waals surface area contributed by atoms with E-state index in [9.17, 15) is 14.7 Å². The highest BCUT2D eigenvalue weighted by atomic mass is 31.2. The second kappa shape index (κ2) is 7.12. The Morgan fingerprint density at radius 3 is 2.25 bits per heavy atom. The first-order valence-electron chi connectivity index (χ1n) is 9.00. The fraction of sp³-hybridized carbons (Fsp3) is 0.316. The van der Waals surface area contributed by atoms with Crippen LogP contribution in [0.4, 0.5) is 5.69 Å². The van der Waals surface area contributed by atoms with Crippen LogP contribution in [0, 0.1) is 21.4 Å². The second-order valence-electron chi connectivity index (χ2n) is 6.87. The number of nitriles is 1. The summed E-state index contributed by atoms with van der Waals surface area (Å²) >= 11 is 0. The van der Waals surface area contributed by atoms with Gasteiger partial charge < -0.3 is 0 Å². The van der Waals surface area contributed by atoms with Gasteiger partial charge >= 0.3 is 7.67 Å². The zero-order valence-corrected chi connectivity index (χ0v) is 16.2. The van der Waals surface area contributed by atoms with Crippen molar-refractivity contribution in [3.05, 3.63) is 63.7 Å². The number of hydrogen-bond acceptors (Lipinski definition) is 5. The van der Waals surface area contributed by atoms with E-state index in [0.29, 0.717) is 22.3 Å². The van der Waals surface area contributed by atoms with Crippen LogP contribution in [0.3, 0.4) is 0 Å². The molecule has 1 atom stereocenters. The maximum absolute atomic E-state index is 13.2. The molecule has 0 amide bonds. The molecule has 28 heavy (non-hydrogen) atoms. The SMILES string of the molecule is CC(OP(=O)(N1CC1)N1CC1)c1ccc([N+](=O)[O-])c(-c2ccc(C#N)cc2)c1. The predicted octanol–water partition coefficient (Wildman–Crippen LogP) is 3.95. The van der Waals surface area contributed by atoms with Gasteiger partial charge in [-0.25, -0.2) is 9.34 Å². The Kier molecular flexibility index (Phi) is 4.77. The third-order valence-electron chi connectivity index (χ3n) is 4.87. The zero-order chi connectivity index (χ0) is 19.9. The van der Waals surface area contributed by atoms with Gasteiger partial charge in [0.1, 0.15) is 0 Å². The van der Waals surface area contributed by atoms with Crippen LogP contribution in [0.1, 0.15) is 24.2 Å². The van der Waals surface area contributed by atoms with Gasteiger partial charge in [0.05, 0.1) is 28.2 Å². The minimum atomic E-state index is -2.99. The maximum Gasteiger partial charge on any atom is 0.346 e. The van der Waals surface area contributed by atoms with E-state index >= 15 is 0 Å². The molecule has 4 rings (SSSR count). The Hall–Kier alpha value is -2.56. The molecule has 144 valence electrons. The highest BCUT2D eigenvalue weighted by molar-refractivity contribution is 7.54. The standard InChI is InChI=1S/C19H19N4O4P/c1-14(27-28(26,21-8-9-21)22-10-11-22)17-6-7-19(23(24)25)18(12-17)16-4-2-15(13-20)3-5-16/h2-7,12,14H,8-11H2,1H3. The zero-order valence-electron chi connectivity index (χ0n) is 15.3. The summed E-state index contributed by atoms with van der Waals surface area (Å²) in [6.45, 7) is 4.85. The van der Waals surface area contributed by atoms with Gasteiger partial charge in [0, 0.05) is 32.2 Å². The van der Waals surface area contributed by atoms with Gasteiger partial charge in [0.2, 0.25) is 0 Å². The van der Waals surface area contributed by atoms with Crippen molar-refractivity contribution in [3.63, 3.8) is 0 Å². The molecule has 8 nitrogen and oxygen atoms in total. The van der Waals surface area contributed by atoms with Crippen molar-refractivity contribution >= 4 is 13.4 Å². The number of rotatable bonds is 7. The maximum atomic E-state index is 13.2. The lowest BCUT2D eigenvalue weighted by Crippen LogP contribution is -2.10. The largest absolute Gasteiger partial charge is 0.346 e. The van der Waals surface area contributed by atoms with Crippen molar-refractivity contribution in [1.82, 2.24) is 9.34 Å². The lowest BCUT2D eigenvalue weighted by molar-refractivity contribution is -0.384. The molecule has 0 N–H and O–H groups in total. The molecule has 2 fully saturated rings. The molecule has 2 aromatic carbocycles. The van der Waals surface area contributed by atoms with Gasteiger partial charge in [-0.3, -0.25) is 19.2 Å². The van der Waals surface area contributed by atoms with Gasteiger partial charge in [0.25, 0.3) is 5.69 Å². The van der Waals surface area contributed by atoms with Crippen molar-refractivity contribution < 1.29 is 14.0 Å². The van der Waals surface area contributed by atoms with Gasteiger partial charge in [-0.05, 0) is 42.3 Å². The van der Waals surface area contributed by atoms with Crippen molar-refractivity contribution in [2.75, 3.05) is 26.2 Å². The molecule has 2 saturated heterocycles. The van der Waals surface area contributed by atoms with Crippen molar-refractivity contribution in [2.45, 2.75) is 13.0 Å². The van der Waals surface area contributed by atoms with E-state index in [0.717, 1.165) is 26.2 Å². The second-order valence-corrected chi connectivity index (χ2v) is 9.19. The molecular weight excluding hydrogens is 379 g/mol. The summed E-state index contributed by atoms with van der Waals surface area (Å²) in [5.74, 6) is 0. The number of hydrogen-bond donors (Lipinski definition) is 0. The van der Waals surface area contributed by atoms with Crippen molar-refractivity contribution in [2.24, 2.45) is 0 Å². The molecule has 2 aliphatic heterocycles. The average molecular weight is 398 g/mol. The lowest BCUT2D eigenvalue weighted by atomic mass is 9.98. The monoisotopic (exact) mass is 398 g/mol. The molecule has 0 bridgehead atoms. The van der Waals surface area contributed by atoms with Crippen LogP contribution < -0.4 is 0 Å². The highest BCUT2D eigenvalue weighted by Gasteiger charge is 2.50. The first-order chi connectivity index (χ1) is 13.4. The Morgan fingerprint density at radius 1 is 1.14 bits per heavy atom. The first-order valence-corrected chi connectivity index (χ1v) is 10.5. The molecule has 1 unspecified atom stereocenters. The van der Waals surface area contributed by atoms with Crippen LogP contribution in [0.25, 0.3) is 11.1 Å². The molecule has 0 spiro atoms. The van der Waals surface area contributed by atoms with E-state index in [2.05, 4.69) is 0 Å². The third-order valence-corrected chi connectivity index (χ3v) is 7.69. The van der Waals surface area contributed by atoms with Gasteiger partial charge in [-0.1, -0.05) is 12.1 Å². The Labute approximate surface area is 162 Å². The Morgan fingerprint density at radius 2 is 1.75 bits per heavy atom. The van der Waals surface area contributed by atoms with Gasteiger partial charge in [0.15, 0.2) is 0 Å². The van der Waals surface area contributed by atoms with Crippen molar-refractivity contribution in [3.8, 4) is 17.2 Å². The van der Waals surface area contributed by atoms with Crippen LogP contribution in [0.2, 0.25) is 0 Å². The Bertz CT molecular complexity index is 994. The predicted molar refractivity (Wildman–Crippen MR) is 103 cm³/mol. The topological polar surface area (TPSA) is 99.2 Å². The third kappa shape index (κ3) is 3.58. The highest BCUT2D eigenvalue weighted by Crippen LogP contribution is 2.63. The number of nitro benzene ring substituents is 1. The molecule has 2 aromatic rings. The van der Waals surface area contributed by atoms with Crippen LogP contribution >= 0.6 is 7.67 Å². The van der Waals surface area contributed by atoms with Crippen LogP contribution in [0.5, 0.6) is 0 Å². The van der Waals surface area contributed by atoms with E-state index in [1.807, 2.05) is 22.3 Å². The quantitative estimate of drug-likeness (QED) is 0.301. The summed E-state index contributed by atoms with van der Waals surface area (Å²) in [4.78, 5) is 11.1. The van der Waals surface area contributed by atoms with Gasteiger partial charge in [-0.2, -0.15) is 5.26 Å². The van der Waals surface area contributed by atoms with E-state index in [1.54, 1.807) is 36.4 Å². The Balaban J connectivity index is 1.67. The molecule has 2 heterocycles. The molecule has 0 saturated carbocycles. The molecule has 0 aromatic heterocycles. The molecular formula is C19H19N4O4P. The minimum absolute atomic E-state index is 0.0271. The fourth-order valence-electron chi connectivity index (χ4n) is 3.10. The summed E-state index contributed by atoms with van der Waals surface area (Å²) in [5.41, 5.74) is 2.25. The van der Waals surface area contributed by atoms with E-state index in [-0.39, 0.29) is 5.69 Å². The average Bonchev–Trinajstić information content (AvgIpc) is 3.59. The minimum Gasteiger partial charge on any atom is -0.298 e. The van der Waals surface area contributed by atoms with E-state index in [1.165, 1.54) is 6.07 Å². The van der Waals surface area contributed by atoms with Crippen LogP contribution in [-0.2, 0) is 9.09 Å². The van der Waals surface area contributed by atoms with Crippen molar-refractivity contribution in [1.29, 1.82) is 5.26 Å². The van der Waals surface area contributed by atoms with Gasteiger partial charge in [-0.15, -0.1) is 0 Å². The molecule has 2 aliphatic rings. The normalized spacial score (nSPS) is 17.7. The van der Waals surface area contributed by atoms with E-state index < -0.39 is 18.7 Å². The number of nitrogens with zero attached hydrogens (tertiary/aromatic N) is 4. The molecule has 0 radical (unpaired) electrons. The summed E-state index contributed by atoms with van der Waals surface area (Å²) in [5, 5.41) is 20.4. The first kappa shape index (κ1) is 18.8. The van der Waals surface area contributed by atoms with Crippen LogP contribution in [0.15, 0.2) is 42.5 Å². The number of benzene rings is 2. The molecule has 9 heteroatoms. The van der Waals surface area contributed by atoms with Crippen LogP contribution in [-0.4, -0.2) is 40.4 Å². The summed E-state index contributed by atoms with van der Waals surface area (Å²) < 4.78 is 22.9. The number of nitro groups is 1. The lowest BCUT2D eigenvalue weighted by Gasteiger charge is -2.24.